The molecule has 0 radical (unpaired) electrons. The van der Waals surface area contributed by atoms with Crippen molar-refractivity contribution >= 4 is 23.3 Å². The molecule has 0 spiro atoms. The summed E-state index contributed by atoms with van der Waals surface area (Å²) in [6, 6.07) is 14.4. The van der Waals surface area contributed by atoms with Crippen molar-refractivity contribution in [2.45, 2.75) is 26.7 Å². The molecule has 0 aliphatic carbocycles. The van der Waals surface area contributed by atoms with Crippen LogP contribution in [0.15, 0.2) is 48.5 Å². The topological polar surface area (TPSA) is 72.9 Å². The van der Waals surface area contributed by atoms with Crippen LogP contribution in [0.25, 0.3) is 0 Å². The van der Waals surface area contributed by atoms with Gasteiger partial charge in [-0.3, -0.25) is 14.4 Å². The second-order valence-electron chi connectivity index (χ2n) is 6.88. The van der Waals surface area contributed by atoms with Crippen LogP contribution < -0.4 is 9.64 Å². The number of para-hydroxylation sites is 1. The lowest BCUT2D eigenvalue weighted by Gasteiger charge is -2.19. The average Bonchev–Trinajstić information content (AvgIpc) is 3.14. The number of hydrogen-bond donors (Lipinski definition) is 0. The zero-order valence-electron chi connectivity index (χ0n) is 16.7. The van der Waals surface area contributed by atoms with E-state index in [0.29, 0.717) is 17.9 Å². The van der Waals surface area contributed by atoms with Gasteiger partial charge in [0.2, 0.25) is 5.91 Å². The smallest absolute Gasteiger partial charge is 0.311 e. The lowest BCUT2D eigenvalue weighted by molar-refractivity contribution is -0.147. The monoisotopic (exact) mass is 395 g/mol. The van der Waals surface area contributed by atoms with Crippen molar-refractivity contribution in [3.05, 3.63) is 59.7 Å². The molecule has 1 saturated heterocycles. The quantitative estimate of drug-likeness (QED) is 0.506. The summed E-state index contributed by atoms with van der Waals surface area (Å²) in [6.07, 6.45) is 0.889. The van der Waals surface area contributed by atoms with Crippen molar-refractivity contribution in [1.29, 1.82) is 0 Å². The average molecular weight is 395 g/mol. The molecule has 0 unspecified atom stereocenters. The van der Waals surface area contributed by atoms with Crippen molar-refractivity contribution in [3.8, 4) is 5.75 Å². The molecule has 1 atom stereocenters. The van der Waals surface area contributed by atoms with Gasteiger partial charge in [-0.15, -0.1) is 0 Å². The number of ether oxygens (including phenoxy) is 2. The van der Waals surface area contributed by atoms with Crippen LogP contribution in [0, 0.1) is 5.92 Å². The number of amides is 1. The summed E-state index contributed by atoms with van der Waals surface area (Å²) in [5.41, 5.74) is 2.34. The standard InChI is InChI=1S/C23H25NO5/c1-3-16-7-5-6-8-20(16)24-14-18(13-22(24)26)23(27)29-15-21(25)17-9-11-19(12-10-17)28-4-2/h5-12,18H,3-4,13-15H2,1-2H3/t18-/m1/s1. The van der Waals surface area contributed by atoms with Crippen LogP contribution in [0.5, 0.6) is 5.75 Å². The first-order valence-corrected chi connectivity index (χ1v) is 9.84. The van der Waals surface area contributed by atoms with Crippen LogP contribution in [0.4, 0.5) is 5.69 Å². The molecule has 2 aromatic rings. The maximum atomic E-state index is 12.4. The number of carbonyl (C=O) groups is 3. The first-order valence-electron chi connectivity index (χ1n) is 9.84. The van der Waals surface area contributed by atoms with Gasteiger partial charge >= 0.3 is 5.97 Å². The van der Waals surface area contributed by atoms with Crippen molar-refractivity contribution in [3.63, 3.8) is 0 Å². The summed E-state index contributed by atoms with van der Waals surface area (Å²) < 4.78 is 10.6. The molecule has 3 rings (SSSR count). The lowest BCUT2D eigenvalue weighted by Crippen LogP contribution is -2.28. The second-order valence-corrected chi connectivity index (χ2v) is 6.88. The molecule has 1 aliphatic rings. The van der Waals surface area contributed by atoms with E-state index in [1.165, 1.54) is 0 Å². The van der Waals surface area contributed by atoms with E-state index in [1.807, 2.05) is 38.1 Å². The fourth-order valence-electron chi connectivity index (χ4n) is 3.41. The Bertz CT molecular complexity index is 890. The predicted molar refractivity (Wildman–Crippen MR) is 109 cm³/mol. The third kappa shape index (κ3) is 4.83. The van der Waals surface area contributed by atoms with E-state index in [-0.39, 0.29) is 31.3 Å². The predicted octanol–water partition coefficient (Wildman–Crippen LogP) is 3.43. The molecular weight excluding hydrogens is 370 g/mol. The highest BCUT2D eigenvalue weighted by atomic mass is 16.5. The fraction of sp³-hybridized carbons (Fsp3) is 0.348. The molecule has 6 heteroatoms. The number of ketones is 1. The highest BCUT2D eigenvalue weighted by molar-refractivity contribution is 6.01. The highest BCUT2D eigenvalue weighted by Gasteiger charge is 2.37. The van der Waals surface area contributed by atoms with Gasteiger partial charge in [-0.1, -0.05) is 25.1 Å². The van der Waals surface area contributed by atoms with Crippen molar-refractivity contribution in [2.24, 2.45) is 5.92 Å². The maximum Gasteiger partial charge on any atom is 0.311 e. The van der Waals surface area contributed by atoms with Crippen LogP contribution in [0.2, 0.25) is 0 Å². The maximum absolute atomic E-state index is 12.4. The summed E-state index contributed by atoms with van der Waals surface area (Å²) in [5.74, 6) is -0.808. The van der Waals surface area contributed by atoms with Crippen molar-refractivity contribution < 1.29 is 23.9 Å². The molecule has 29 heavy (non-hydrogen) atoms. The largest absolute Gasteiger partial charge is 0.494 e. The number of nitrogens with zero attached hydrogens (tertiary/aromatic N) is 1. The summed E-state index contributed by atoms with van der Waals surface area (Å²) in [4.78, 5) is 38.8. The number of rotatable bonds is 8. The van der Waals surface area contributed by atoms with Gasteiger partial charge in [0.15, 0.2) is 12.4 Å². The minimum Gasteiger partial charge on any atom is -0.494 e. The Morgan fingerprint density at radius 1 is 1.07 bits per heavy atom. The minimum absolute atomic E-state index is 0.0914. The zero-order chi connectivity index (χ0) is 20.8. The first kappa shape index (κ1) is 20.6. The molecule has 0 aromatic heterocycles. The Labute approximate surface area is 170 Å². The third-order valence-electron chi connectivity index (χ3n) is 4.95. The molecule has 1 heterocycles. The SMILES string of the molecule is CCOc1ccc(C(=O)COC(=O)[C@@H]2CC(=O)N(c3ccccc3CC)C2)cc1. The van der Waals surface area contributed by atoms with E-state index in [9.17, 15) is 14.4 Å². The summed E-state index contributed by atoms with van der Waals surface area (Å²) in [6.45, 7) is 4.38. The number of Topliss-reactive ketones (excluding diaryl/α,β-unsaturated/α-hetero) is 1. The molecule has 2 aromatic carbocycles. The van der Waals surface area contributed by atoms with E-state index >= 15 is 0 Å². The van der Waals surface area contributed by atoms with E-state index in [2.05, 4.69) is 0 Å². The highest BCUT2D eigenvalue weighted by Crippen LogP contribution is 2.29. The number of esters is 1. The molecule has 152 valence electrons. The normalized spacial score (nSPS) is 16.0. The Morgan fingerprint density at radius 3 is 2.48 bits per heavy atom. The van der Waals surface area contributed by atoms with Crippen LogP contribution in [-0.2, 0) is 20.7 Å². The van der Waals surface area contributed by atoms with Gasteiger partial charge in [-0.2, -0.15) is 0 Å². The van der Waals surface area contributed by atoms with Gasteiger partial charge in [0.1, 0.15) is 5.75 Å². The molecule has 0 bridgehead atoms. The Kier molecular flexibility index (Phi) is 6.65. The Hall–Kier alpha value is -3.15. The van der Waals surface area contributed by atoms with Gasteiger partial charge in [-0.05, 0) is 49.2 Å². The molecule has 6 nitrogen and oxygen atoms in total. The molecular formula is C23H25NO5. The summed E-state index contributed by atoms with van der Waals surface area (Å²) in [7, 11) is 0. The van der Waals surface area contributed by atoms with Crippen molar-refractivity contribution in [1.82, 2.24) is 0 Å². The van der Waals surface area contributed by atoms with Crippen LogP contribution in [-0.4, -0.2) is 37.4 Å². The molecule has 1 fully saturated rings. The second kappa shape index (κ2) is 9.37. The van der Waals surface area contributed by atoms with Gasteiger partial charge in [0, 0.05) is 24.2 Å². The lowest BCUT2D eigenvalue weighted by atomic mass is 10.1. The number of anilines is 1. The van der Waals surface area contributed by atoms with Crippen LogP contribution in [0.3, 0.4) is 0 Å². The van der Waals surface area contributed by atoms with Crippen LogP contribution >= 0.6 is 0 Å². The molecule has 0 N–H and O–H groups in total. The van der Waals surface area contributed by atoms with E-state index in [1.54, 1.807) is 29.2 Å². The summed E-state index contributed by atoms with van der Waals surface area (Å²) in [5, 5.41) is 0. The fourth-order valence-corrected chi connectivity index (χ4v) is 3.41. The summed E-state index contributed by atoms with van der Waals surface area (Å²) >= 11 is 0. The van der Waals surface area contributed by atoms with E-state index < -0.39 is 11.9 Å². The van der Waals surface area contributed by atoms with E-state index in [4.69, 9.17) is 9.47 Å². The van der Waals surface area contributed by atoms with Gasteiger partial charge in [-0.25, -0.2) is 0 Å². The zero-order valence-corrected chi connectivity index (χ0v) is 16.7. The number of aryl methyl sites for hydroxylation is 1. The first-order chi connectivity index (χ1) is 14.0. The molecule has 0 saturated carbocycles. The molecule has 1 aliphatic heterocycles. The third-order valence-corrected chi connectivity index (χ3v) is 4.95. The van der Waals surface area contributed by atoms with Gasteiger partial charge < -0.3 is 14.4 Å². The van der Waals surface area contributed by atoms with Gasteiger partial charge in [0.25, 0.3) is 0 Å². The minimum atomic E-state index is -0.569. The Morgan fingerprint density at radius 2 is 1.79 bits per heavy atom. The number of carbonyl (C=O) groups excluding carboxylic acids is 3. The number of hydrogen-bond acceptors (Lipinski definition) is 5. The Balaban J connectivity index is 1.57. The van der Waals surface area contributed by atoms with Crippen molar-refractivity contribution in [2.75, 3.05) is 24.7 Å². The van der Waals surface area contributed by atoms with Gasteiger partial charge in [0.05, 0.1) is 12.5 Å². The number of benzene rings is 2. The molecule has 1 amide bonds. The van der Waals surface area contributed by atoms with Crippen LogP contribution in [0.1, 0.15) is 36.2 Å². The van der Waals surface area contributed by atoms with E-state index in [0.717, 1.165) is 17.7 Å².